The molecule has 1 rings (SSSR count). The van der Waals surface area contributed by atoms with Crippen LogP contribution in [0.2, 0.25) is 0 Å². The van der Waals surface area contributed by atoms with E-state index >= 15 is 0 Å². The van der Waals surface area contributed by atoms with Crippen molar-refractivity contribution in [3.05, 3.63) is 23.8 Å². The largest absolute Gasteiger partial charge is 0.294 e. The minimum Gasteiger partial charge on any atom is -0.294 e. The molecule has 0 fully saturated rings. The Kier molecular flexibility index (Phi) is 3.54. The molecule has 0 aromatic heterocycles. The molecule has 84 valence electrons. The fourth-order valence-corrected chi connectivity index (χ4v) is 3.04. The van der Waals surface area contributed by atoms with Gasteiger partial charge in [-0.2, -0.15) is 0 Å². The van der Waals surface area contributed by atoms with Gasteiger partial charge in [0.1, 0.15) is 0 Å². The minimum absolute atomic E-state index is 0.0740. The molecule has 0 aromatic carbocycles. The van der Waals surface area contributed by atoms with Gasteiger partial charge in [0.2, 0.25) is 0 Å². The molecule has 0 aliphatic heterocycles. The summed E-state index contributed by atoms with van der Waals surface area (Å²) in [6.07, 6.45) is 6.89. The summed E-state index contributed by atoms with van der Waals surface area (Å²) in [7, 11) is 0. The van der Waals surface area contributed by atoms with Crippen LogP contribution in [0.25, 0.3) is 0 Å². The van der Waals surface area contributed by atoms with Gasteiger partial charge in [-0.3, -0.25) is 4.79 Å². The summed E-state index contributed by atoms with van der Waals surface area (Å²) in [5.74, 6) is 0.919. The Balaban J connectivity index is 3.03. The summed E-state index contributed by atoms with van der Waals surface area (Å²) in [4.78, 5) is 12.0. The van der Waals surface area contributed by atoms with E-state index in [-0.39, 0.29) is 17.1 Å². The lowest BCUT2D eigenvalue weighted by Gasteiger charge is -2.39. The maximum Gasteiger partial charge on any atom is 0.162 e. The second-order valence-corrected chi connectivity index (χ2v) is 5.42. The Bertz CT molecular complexity index is 307. The highest BCUT2D eigenvalue weighted by atomic mass is 16.1. The molecule has 15 heavy (non-hydrogen) atoms. The standard InChI is InChI=1S/C14H22O/c1-6-7-12(15)13-11(3)8-10(2)9-14(13,4)5/h6-8,10,13H,9H2,1-5H3/b7-6+/t10-,13+/m1/s1. The summed E-state index contributed by atoms with van der Waals surface area (Å²) in [5, 5.41) is 0. The van der Waals surface area contributed by atoms with Crippen LogP contribution in [0.3, 0.4) is 0 Å². The molecule has 0 aromatic rings. The van der Waals surface area contributed by atoms with Crippen LogP contribution >= 0.6 is 0 Å². The van der Waals surface area contributed by atoms with Crippen LogP contribution in [-0.2, 0) is 4.79 Å². The van der Waals surface area contributed by atoms with E-state index < -0.39 is 0 Å². The summed E-state index contributed by atoms with van der Waals surface area (Å²) < 4.78 is 0. The lowest BCUT2D eigenvalue weighted by molar-refractivity contribution is -0.120. The monoisotopic (exact) mass is 206 g/mol. The lowest BCUT2D eigenvalue weighted by Crippen LogP contribution is -2.35. The van der Waals surface area contributed by atoms with E-state index in [0.717, 1.165) is 6.42 Å². The van der Waals surface area contributed by atoms with Gasteiger partial charge >= 0.3 is 0 Å². The second-order valence-electron chi connectivity index (χ2n) is 5.42. The first-order valence-electron chi connectivity index (χ1n) is 5.73. The molecule has 0 radical (unpaired) electrons. The first-order valence-corrected chi connectivity index (χ1v) is 5.73. The first kappa shape index (κ1) is 12.2. The van der Waals surface area contributed by atoms with Crippen molar-refractivity contribution >= 4 is 5.78 Å². The molecule has 1 nitrogen and oxygen atoms in total. The maximum atomic E-state index is 12.0. The van der Waals surface area contributed by atoms with E-state index in [2.05, 4.69) is 33.8 Å². The third-order valence-corrected chi connectivity index (χ3v) is 3.25. The molecule has 0 amide bonds. The van der Waals surface area contributed by atoms with Crippen LogP contribution in [0, 0.1) is 17.3 Å². The van der Waals surface area contributed by atoms with Crippen LogP contribution < -0.4 is 0 Å². The average Bonchev–Trinajstić information content (AvgIpc) is 1.99. The molecule has 0 saturated carbocycles. The second kappa shape index (κ2) is 4.34. The van der Waals surface area contributed by atoms with Gasteiger partial charge < -0.3 is 0 Å². The van der Waals surface area contributed by atoms with Gasteiger partial charge in [-0.25, -0.2) is 0 Å². The first-order chi connectivity index (χ1) is 6.88. The summed E-state index contributed by atoms with van der Waals surface area (Å²) in [5.41, 5.74) is 1.33. The fraction of sp³-hybridized carbons (Fsp3) is 0.643. The molecule has 2 atom stereocenters. The normalized spacial score (nSPS) is 30.3. The highest BCUT2D eigenvalue weighted by Gasteiger charge is 2.38. The molecule has 0 saturated heterocycles. The fourth-order valence-electron chi connectivity index (χ4n) is 3.04. The van der Waals surface area contributed by atoms with Crippen molar-refractivity contribution in [1.82, 2.24) is 0 Å². The molecule has 1 aliphatic rings. The van der Waals surface area contributed by atoms with Crippen LogP contribution in [0.1, 0.15) is 41.0 Å². The van der Waals surface area contributed by atoms with Crippen molar-refractivity contribution < 1.29 is 4.79 Å². The summed E-state index contributed by atoms with van der Waals surface area (Å²) >= 11 is 0. The molecule has 0 bridgehead atoms. The molecule has 1 aliphatic carbocycles. The topological polar surface area (TPSA) is 17.1 Å². The van der Waals surface area contributed by atoms with Gasteiger partial charge in [0.15, 0.2) is 5.78 Å². The minimum atomic E-state index is 0.0740. The zero-order chi connectivity index (χ0) is 11.6. The zero-order valence-electron chi connectivity index (χ0n) is 10.5. The van der Waals surface area contributed by atoms with Crippen molar-refractivity contribution in [3.63, 3.8) is 0 Å². The van der Waals surface area contributed by atoms with Gasteiger partial charge in [-0.1, -0.05) is 38.5 Å². The van der Waals surface area contributed by atoms with Crippen molar-refractivity contribution in [2.24, 2.45) is 17.3 Å². The number of allylic oxidation sites excluding steroid dienone is 4. The smallest absolute Gasteiger partial charge is 0.162 e. The van der Waals surface area contributed by atoms with Crippen LogP contribution in [-0.4, -0.2) is 5.78 Å². The maximum absolute atomic E-state index is 12.0. The van der Waals surface area contributed by atoms with Crippen LogP contribution in [0.5, 0.6) is 0 Å². The molecule has 0 N–H and O–H groups in total. The average molecular weight is 206 g/mol. The quantitative estimate of drug-likeness (QED) is 0.496. The number of hydrogen-bond acceptors (Lipinski definition) is 1. The van der Waals surface area contributed by atoms with Gasteiger partial charge in [-0.05, 0) is 37.7 Å². The van der Waals surface area contributed by atoms with Crippen molar-refractivity contribution in [3.8, 4) is 0 Å². The summed E-state index contributed by atoms with van der Waals surface area (Å²) in [6.45, 7) is 10.6. The van der Waals surface area contributed by atoms with E-state index in [1.165, 1.54) is 5.57 Å². The van der Waals surface area contributed by atoms with E-state index in [1.54, 1.807) is 6.08 Å². The molecule has 0 spiro atoms. The van der Waals surface area contributed by atoms with E-state index in [9.17, 15) is 4.79 Å². The van der Waals surface area contributed by atoms with Crippen molar-refractivity contribution in [1.29, 1.82) is 0 Å². The Hall–Kier alpha value is -0.850. The van der Waals surface area contributed by atoms with E-state index in [1.807, 2.05) is 13.0 Å². The van der Waals surface area contributed by atoms with Gasteiger partial charge in [0.25, 0.3) is 0 Å². The highest BCUT2D eigenvalue weighted by molar-refractivity contribution is 5.94. The summed E-state index contributed by atoms with van der Waals surface area (Å²) in [6, 6.07) is 0. The Morgan fingerprint density at radius 3 is 2.60 bits per heavy atom. The number of rotatable bonds is 2. The van der Waals surface area contributed by atoms with E-state index in [4.69, 9.17) is 0 Å². The van der Waals surface area contributed by atoms with Crippen molar-refractivity contribution in [2.75, 3.05) is 0 Å². The van der Waals surface area contributed by atoms with E-state index in [0.29, 0.717) is 5.92 Å². The lowest BCUT2D eigenvalue weighted by atomic mass is 9.64. The van der Waals surface area contributed by atoms with Gasteiger partial charge in [0.05, 0.1) is 0 Å². The van der Waals surface area contributed by atoms with Crippen LogP contribution in [0.4, 0.5) is 0 Å². The Morgan fingerprint density at radius 1 is 1.53 bits per heavy atom. The van der Waals surface area contributed by atoms with Crippen molar-refractivity contribution in [2.45, 2.75) is 41.0 Å². The molecular weight excluding hydrogens is 184 g/mol. The number of carbonyl (C=O) groups excluding carboxylic acids is 1. The third kappa shape index (κ3) is 2.58. The zero-order valence-corrected chi connectivity index (χ0v) is 10.5. The van der Waals surface area contributed by atoms with Gasteiger partial charge in [0, 0.05) is 5.92 Å². The predicted octanol–water partition coefficient (Wildman–Crippen LogP) is 3.76. The molecule has 1 heteroatoms. The third-order valence-electron chi connectivity index (χ3n) is 3.25. The number of hydrogen-bond donors (Lipinski definition) is 0. The molecular formula is C14H22O. The molecule has 0 unspecified atom stereocenters. The number of ketones is 1. The highest BCUT2D eigenvalue weighted by Crippen LogP contribution is 2.43. The number of carbonyl (C=O) groups is 1. The predicted molar refractivity (Wildman–Crippen MR) is 64.6 cm³/mol. The Morgan fingerprint density at radius 2 is 2.13 bits per heavy atom. The van der Waals surface area contributed by atoms with Gasteiger partial charge in [-0.15, -0.1) is 0 Å². The van der Waals surface area contributed by atoms with Crippen LogP contribution in [0.15, 0.2) is 23.8 Å². The Labute approximate surface area is 93.3 Å². The SMILES string of the molecule is C/C=C/C(=O)[C@@H]1C(C)=C[C@@H](C)CC1(C)C. The molecule has 0 heterocycles.